The number of benzene rings is 2. The molecule has 0 saturated heterocycles. The predicted molar refractivity (Wildman–Crippen MR) is 141 cm³/mol. The maximum Gasteiger partial charge on any atom is 0.321 e. The van der Waals surface area contributed by atoms with Crippen molar-refractivity contribution in [1.82, 2.24) is 9.44 Å². The highest BCUT2D eigenvalue weighted by atomic mass is 32.2. The highest BCUT2D eigenvalue weighted by Crippen LogP contribution is 2.24. The van der Waals surface area contributed by atoms with Gasteiger partial charge in [-0.25, -0.2) is 21.6 Å². The number of unbranched alkanes of at least 4 members (excludes halogenated alkanes) is 1. The van der Waals surface area contributed by atoms with Gasteiger partial charge in [-0.1, -0.05) is 65.8 Å². The number of sulfonamides is 2. The quantitative estimate of drug-likeness (QED) is 0.368. The molecule has 0 saturated carbocycles. The normalized spacial score (nSPS) is 13.9. The van der Waals surface area contributed by atoms with Crippen molar-refractivity contribution in [2.45, 2.75) is 87.5 Å². The van der Waals surface area contributed by atoms with Crippen molar-refractivity contribution >= 4 is 26.0 Å². The lowest BCUT2D eigenvalue weighted by Crippen LogP contribution is -2.40. The fourth-order valence-electron chi connectivity index (χ4n) is 3.52. The van der Waals surface area contributed by atoms with E-state index < -0.39 is 32.1 Å². The SMILES string of the molecule is CC(C)(C)c1ccc(S(=O)(=O)NCCCCC(NS(=O)(=O)c2ccc(C(C)(C)C)cc2)C(=O)O)cc1. The van der Waals surface area contributed by atoms with E-state index in [2.05, 4.69) is 9.44 Å². The lowest BCUT2D eigenvalue weighted by Gasteiger charge is -2.20. The van der Waals surface area contributed by atoms with E-state index >= 15 is 0 Å². The molecule has 0 aliphatic rings. The highest BCUT2D eigenvalue weighted by molar-refractivity contribution is 7.89. The third kappa shape index (κ3) is 8.40. The summed E-state index contributed by atoms with van der Waals surface area (Å²) < 4.78 is 55.2. The standard InChI is InChI=1S/C26H38N2O6S2/c1-25(2,3)19-10-14-21(15-11-19)35(31,32)27-18-8-7-9-23(24(29)30)28-36(33,34)22-16-12-20(13-17-22)26(4,5)6/h10-17,23,27-28H,7-9,18H2,1-6H3,(H,29,30). The maximum absolute atomic E-state index is 12.7. The smallest absolute Gasteiger partial charge is 0.321 e. The summed E-state index contributed by atoms with van der Waals surface area (Å²) in [5, 5.41) is 9.51. The van der Waals surface area contributed by atoms with Crippen LogP contribution in [0.3, 0.4) is 0 Å². The molecule has 0 aliphatic heterocycles. The molecule has 0 amide bonds. The molecule has 0 aliphatic carbocycles. The number of carboxylic acids is 1. The van der Waals surface area contributed by atoms with Crippen LogP contribution >= 0.6 is 0 Å². The van der Waals surface area contributed by atoms with Crippen LogP contribution in [0.5, 0.6) is 0 Å². The van der Waals surface area contributed by atoms with Crippen molar-refractivity contribution in [1.29, 1.82) is 0 Å². The van der Waals surface area contributed by atoms with Gasteiger partial charge in [0.2, 0.25) is 20.0 Å². The molecule has 1 unspecified atom stereocenters. The van der Waals surface area contributed by atoms with E-state index in [0.29, 0.717) is 12.8 Å². The van der Waals surface area contributed by atoms with Crippen molar-refractivity contribution in [3.8, 4) is 0 Å². The lowest BCUT2D eigenvalue weighted by molar-refractivity contribution is -0.139. The van der Waals surface area contributed by atoms with Gasteiger partial charge < -0.3 is 5.11 Å². The van der Waals surface area contributed by atoms with Gasteiger partial charge >= 0.3 is 5.97 Å². The third-order valence-electron chi connectivity index (χ3n) is 5.87. The molecule has 0 spiro atoms. The number of carbonyl (C=O) groups is 1. The number of aliphatic carboxylic acids is 1. The van der Waals surface area contributed by atoms with Crippen LogP contribution in [0, 0.1) is 0 Å². The minimum absolute atomic E-state index is 0.00742. The zero-order valence-corrected chi connectivity index (χ0v) is 23.5. The van der Waals surface area contributed by atoms with Crippen LogP contribution in [-0.2, 0) is 35.7 Å². The fourth-order valence-corrected chi connectivity index (χ4v) is 5.82. The minimum Gasteiger partial charge on any atom is -0.480 e. The van der Waals surface area contributed by atoms with Crippen LogP contribution in [0.2, 0.25) is 0 Å². The summed E-state index contributed by atoms with van der Waals surface area (Å²) in [6, 6.07) is 11.7. The first kappa shape index (κ1) is 30.0. The van der Waals surface area contributed by atoms with E-state index in [9.17, 15) is 26.7 Å². The molecule has 2 aromatic rings. The van der Waals surface area contributed by atoms with Gasteiger partial charge in [0, 0.05) is 6.54 Å². The van der Waals surface area contributed by atoms with E-state index in [1.807, 2.05) is 41.5 Å². The Kier molecular flexibility index (Phi) is 9.50. The molecule has 0 fully saturated rings. The molecule has 2 aromatic carbocycles. The Hall–Kier alpha value is -2.27. The average Bonchev–Trinajstić information content (AvgIpc) is 2.77. The molecule has 0 radical (unpaired) electrons. The van der Waals surface area contributed by atoms with Crippen LogP contribution in [0.4, 0.5) is 0 Å². The summed E-state index contributed by atoms with van der Waals surface area (Å²) in [4.78, 5) is 11.8. The Morgan fingerprint density at radius 3 is 1.56 bits per heavy atom. The van der Waals surface area contributed by atoms with E-state index in [1.54, 1.807) is 36.4 Å². The van der Waals surface area contributed by atoms with Crippen LogP contribution in [0.1, 0.15) is 71.9 Å². The van der Waals surface area contributed by atoms with Crippen molar-refractivity contribution in [3.63, 3.8) is 0 Å². The van der Waals surface area contributed by atoms with Gasteiger partial charge in [0.25, 0.3) is 0 Å². The predicted octanol–water partition coefficient (Wildman–Crippen LogP) is 4.16. The third-order valence-corrected chi connectivity index (χ3v) is 8.83. The summed E-state index contributed by atoms with van der Waals surface area (Å²) in [7, 11) is -7.72. The molecule has 36 heavy (non-hydrogen) atoms. The molecule has 0 bridgehead atoms. The second-order valence-electron chi connectivity index (χ2n) is 11.0. The van der Waals surface area contributed by atoms with Gasteiger partial charge in [-0.3, -0.25) is 4.79 Å². The average molecular weight is 539 g/mol. The van der Waals surface area contributed by atoms with E-state index in [-0.39, 0.29) is 33.6 Å². The van der Waals surface area contributed by atoms with E-state index in [0.717, 1.165) is 11.1 Å². The number of hydrogen-bond acceptors (Lipinski definition) is 5. The Bertz CT molecular complexity index is 1240. The van der Waals surface area contributed by atoms with Crippen molar-refractivity contribution in [2.75, 3.05) is 6.54 Å². The molecular weight excluding hydrogens is 500 g/mol. The molecule has 0 heterocycles. The van der Waals surface area contributed by atoms with Crippen LogP contribution in [-0.4, -0.2) is 40.5 Å². The summed E-state index contributed by atoms with van der Waals surface area (Å²) >= 11 is 0. The summed E-state index contributed by atoms with van der Waals surface area (Å²) in [5.74, 6) is -1.29. The number of hydrogen-bond donors (Lipinski definition) is 3. The minimum atomic E-state index is -4.03. The van der Waals surface area contributed by atoms with Crippen LogP contribution in [0.15, 0.2) is 58.3 Å². The van der Waals surface area contributed by atoms with Gasteiger partial charge in [-0.05, 0) is 65.5 Å². The highest BCUT2D eigenvalue weighted by Gasteiger charge is 2.26. The fraction of sp³-hybridized carbons (Fsp3) is 0.500. The number of nitrogens with one attached hydrogen (secondary N) is 2. The lowest BCUT2D eigenvalue weighted by atomic mass is 9.87. The first-order valence-corrected chi connectivity index (χ1v) is 14.9. The van der Waals surface area contributed by atoms with Crippen molar-refractivity contribution in [2.24, 2.45) is 0 Å². The van der Waals surface area contributed by atoms with Gasteiger partial charge in [0.15, 0.2) is 0 Å². The molecule has 8 nitrogen and oxygen atoms in total. The molecule has 10 heteroatoms. The first-order chi connectivity index (χ1) is 16.4. The van der Waals surface area contributed by atoms with Crippen LogP contribution < -0.4 is 9.44 Å². The largest absolute Gasteiger partial charge is 0.480 e. The van der Waals surface area contributed by atoms with Gasteiger partial charge in [-0.2, -0.15) is 4.72 Å². The van der Waals surface area contributed by atoms with Gasteiger partial charge in [0.1, 0.15) is 6.04 Å². The molecule has 0 aromatic heterocycles. The summed E-state index contributed by atoms with van der Waals surface area (Å²) in [6.07, 6.45) is 0.690. The van der Waals surface area contributed by atoms with Crippen LogP contribution in [0.25, 0.3) is 0 Å². The van der Waals surface area contributed by atoms with Crippen molar-refractivity contribution in [3.05, 3.63) is 59.7 Å². The molecule has 1 atom stereocenters. The topological polar surface area (TPSA) is 130 Å². The summed E-state index contributed by atoms with van der Waals surface area (Å²) in [6.45, 7) is 12.3. The Morgan fingerprint density at radius 2 is 1.17 bits per heavy atom. The molecule has 2 rings (SSSR count). The van der Waals surface area contributed by atoms with E-state index in [4.69, 9.17) is 0 Å². The Balaban J connectivity index is 1.92. The second kappa shape index (κ2) is 11.4. The zero-order valence-electron chi connectivity index (χ0n) is 21.8. The van der Waals surface area contributed by atoms with Gasteiger partial charge in [0.05, 0.1) is 9.79 Å². The zero-order chi connectivity index (χ0) is 27.4. The van der Waals surface area contributed by atoms with E-state index in [1.165, 1.54) is 12.1 Å². The van der Waals surface area contributed by atoms with Gasteiger partial charge in [-0.15, -0.1) is 0 Å². The molecular formula is C26H38N2O6S2. The monoisotopic (exact) mass is 538 g/mol. The first-order valence-electron chi connectivity index (χ1n) is 11.9. The molecule has 3 N–H and O–H groups in total. The number of carboxylic acid groups (broad SMARTS) is 1. The van der Waals surface area contributed by atoms with Crippen molar-refractivity contribution < 1.29 is 26.7 Å². The summed E-state index contributed by atoms with van der Waals surface area (Å²) in [5.41, 5.74) is 1.75. The number of rotatable bonds is 11. The Labute approximate surface area is 215 Å². The Morgan fingerprint density at radius 1 is 0.750 bits per heavy atom. The maximum atomic E-state index is 12.7. The second-order valence-corrected chi connectivity index (χ2v) is 14.4. The molecule has 200 valence electrons.